The van der Waals surface area contributed by atoms with Crippen LogP contribution in [0.5, 0.6) is 0 Å². The Labute approximate surface area is 109 Å². The van der Waals surface area contributed by atoms with Gasteiger partial charge in [-0.15, -0.1) is 0 Å². The van der Waals surface area contributed by atoms with Gasteiger partial charge in [0, 0.05) is 25.5 Å². The largest absolute Gasteiger partial charge is 0.338 e. The summed E-state index contributed by atoms with van der Waals surface area (Å²) < 4.78 is 0. The molecule has 0 fully saturated rings. The van der Waals surface area contributed by atoms with Crippen LogP contribution >= 0.6 is 0 Å². The summed E-state index contributed by atoms with van der Waals surface area (Å²) in [4.78, 5) is 15.5. The van der Waals surface area contributed by atoms with Crippen molar-refractivity contribution in [3.05, 3.63) is 30.1 Å². The van der Waals surface area contributed by atoms with E-state index in [0.29, 0.717) is 13.1 Å². The molecular weight excluding hydrogens is 226 g/mol. The number of nitrogens with zero attached hydrogens (tertiary/aromatic N) is 1. The van der Waals surface area contributed by atoms with E-state index in [0.717, 1.165) is 12.8 Å². The number of carbonyl (C=O) groups is 1. The summed E-state index contributed by atoms with van der Waals surface area (Å²) in [5, 5.41) is 5.71. The first-order valence-corrected chi connectivity index (χ1v) is 6.38. The van der Waals surface area contributed by atoms with Gasteiger partial charge in [-0.2, -0.15) is 0 Å². The maximum absolute atomic E-state index is 11.5. The molecule has 2 amide bonds. The average Bonchev–Trinajstić information content (AvgIpc) is 2.33. The Kier molecular flexibility index (Phi) is 5.62. The number of rotatable bonds is 5. The van der Waals surface area contributed by atoms with E-state index < -0.39 is 0 Å². The molecule has 0 saturated heterocycles. The normalized spacial score (nSPS) is 11.1. The number of carbonyl (C=O) groups excluding carboxylic acids is 1. The van der Waals surface area contributed by atoms with Crippen molar-refractivity contribution in [2.45, 2.75) is 33.6 Å². The van der Waals surface area contributed by atoms with Gasteiger partial charge in [-0.1, -0.05) is 26.8 Å². The molecule has 100 valence electrons. The topological polar surface area (TPSA) is 54.0 Å². The number of urea groups is 1. The van der Waals surface area contributed by atoms with Crippen molar-refractivity contribution in [2.75, 3.05) is 13.1 Å². The number of aromatic nitrogens is 1. The highest BCUT2D eigenvalue weighted by Crippen LogP contribution is 2.09. The Morgan fingerprint density at radius 1 is 1.33 bits per heavy atom. The summed E-state index contributed by atoms with van der Waals surface area (Å²) in [5.41, 5.74) is 1.32. The van der Waals surface area contributed by atoms with Gasteiger partial charge in [0.1, 0.15) is 0 Å². The van der Waals surface area contributed by atoms with E-state index >= 15 is 0 Å². The zero-order chi connectivity index (χ0) is 13.4. The van der Waals surface area contributed by atoms with Crippen LogP contribution in [0.3, 0.4) is 0 Å². The van der Waals surface area contributed by atoms with Crippen LogP contribution in [0, 0.1) is 5.41 Å². The van der Waals surface area contributed by atoms with E-state index in [1.807, 2.05) is 18.3 Å². The molecule has 4 nitrogen and oxygen atoms in total. The molecule has 0 bridgehead atoms. The van der Waals surface area contributed by atoms with Gasteiger partial charge >= 0.3 is 6.03 Å². The molecule has 1 heterocycles. The standard InChI is InChI=1S/C14H23N3O/c1-14(2,3)11-17-13(18)16-9-5-7-12-6-4-8-15-10-12/h4,6,8,10H,5,7,9,11H2,1-3H3,(H2,16,17,18). The Morgan fingerprint density at radius 3 is 2.72 bits per heavy atom. The SMILES string of the molecule is CC(C)(C)CNC(=O)NCCCc1cccnc1. The fourth-order valence-corrected chi connectivity index (χ4v) is 1.45. The minimum Gasteiger partial charge on any atom is -0.338 e. The fraction of sp³-hybridized carbons (Fsp3) is 0.571. The van der Waals surface area contributed by atoms with Crippen LogP contribution in [0.15, 0.2) is 24.5 Å². The van der Waals surface area contributed by atoms with Gasteiger partial charge in [0.2, 0.25) is 0 Å². The van der Waals surface area contributed by atoms with Crippen molar-refractivity contribution in [1.82, 2.24) is 15.6 Å². The van der Waals surface area contributed by atoms with Gasteiger partial charge in [-0.25, -0.2) is 4.79 Å². The lowest BCUT2D eigenvalue weighted by Gasteiger charge is -2.18. The average molecular weight is 249 g/mol. The zero-order valence-corrected chi connectivity index (χ0v) is 11.5. The molecule has 2 N–H and O–H groups in total. The molecule has 0 spiro atoms. The summed E-state index contributed by atoms with van der Waals surface area (Å²) >= 11 is 0. The summed E-state index contributed by atoms with van der Waals surface area (Å²) in [7, 11) is 0. The molecule has 0 radical (unpaired) electrons. The van der Waals surface area contributed by atoms with Crippen LogP contribution in [-0.2, 0) is 6.42 Å². The smallest absolute Gasteiger partial charge is 0.314 e. The number of amides is 2. The second-order valence-electron chi connectivity index (χ2n) is 5.63. The maximum atomic E-state index is 11.5. The molecule has 0 atom stereocenters. The molecule has 18 heavy (non-hydrogen) atoms. The molecule has 4 heteroatoms. The predicted molar refractivity (Wildman–Crippen MR) is 73.4 cm³/mol. The third-order valence-electron chi connectivity index (χ3n) is 2.43. The second kappa shape index (κ2) is 6.99. The fourth-order valence-electron chi connectivity index (χ4n) is 1.45. The second-order valence-corrected chi connectivity index (χ2v) is 5.63. The van der Waals surface area contributed by atoms with E-state index in [4.69, 9.17) is 0 Å². The summed E-state index contributed by atoms with van der Waals surface area (Å²) in [6, 6.07) is 3.89. The first-order valence-electron chi connectivity index (χ1n) is 6.38. The highest BCUT2D eigenvalue weighted by molar-refractivity contribution is 5.73. The maximum Gasteiger partial charge on any atom is 0.314 e. The van der Waals surface area contributed by atoms with Crippen molar-refractivity contribution >= 4 is 6.03 Å². The van der Waals surface area contributed by atoms with Crippen LogP contribution in [0.25, 0.3) is 0 Å². The molecule has 0 unspecified atom stereocenters. The third-order valence-corrected chi connectivity index (χ3v) is 2.43. The van der Waals surface area contributed by atoms with Crippen LogP contribution in [0.4, 0.5) is 4.79 Å². The van der Waals surface area contributed by atoms with Crippen molar-refractivity contribution in [3.8, 4) is 0 Å². The summed E-state index contributed by atoms with van der Waals surface area (Å²) in [6.07, 6.45) is 5.49. The minimum absolute atomic E-state index is 0.0869. The van der Waals surface area contributed by atoms with E-state index in [9.17, 15) is 4.79 Å². The lowest BCUT2D eigenvalue weighted by molar-refractivity contribution is 0.235. The van der Waals surface area contributed by atoms with E-state index in [-0.39, 0.29) is 11.4 Å². The summed E-state index contributed by atoms with van der Waals surface area (Å²) in [6.45, 7) is 7.65. The number of hydrogen-bond acceptors (Lipinski definition) is 2. The van der Waals surface area contributed by atoms with Crippen molar-refractivity contribution < 1.29 is 4.79 Å². The van der Waals surface area contributed by atoms with E-state index in [1.54, 1.807) is 6.20 Å². The van der Waals surface area contributed by atoms with E-state index in [2.05, 4.69) is 36.4 Å². The van der Waals surface area contributed by atoms with Gasteiger partial charge in [-0.05, 0) is 29.9 Å². The van der Waals surface area contributed by atoms with Gasteiger partial charge in [0.15, 0.2) is 0 Å². The first-order chi connectivity index (χ1) is 8.47. The molecule has 1 rings (SSSR count). The van der Waals surface area contributed by atoms with Crippen molar-refractivity contribution in [3.63, 3.8) is 0 Å². The van der Waals surface area contributed by atoms with Crippen LogP contribution in [0.1, 0.15) is 32.8 Å². The van der Waals surface area contributed by atoms with Crippen molar-refractivity contribution in [2.24, 2.45) is 5.41 Å². The Balaban J connectivity index is 2.09. The molecule has 1 aromatic heterocycles. The van der Waals surface area contributed by atoms with Gasteiger partial charge in [0.25, 0.3) is 0 Å². The molecule has 1 aromatic rings. The molecule has 0 saturated carbocycles. The molecule has 0 aromatic carbocycles. The lowest BCUT2D eigenvalue weighted by Crippen LogP contribution is -2.40. The number of pyridine rings is 1. The first kappa shape index (κ1) is 14.5. The highest BCUT2D eigenvalue weighted by Gasteiger charge is 2.11. The quantitative estimate of drug-likeness (QED) is 0.787. The minimum atomic E-state index is -0.0869. The van der Waals surface area contributed by atoms with Gasteiger partial charge in [0.05, 0.1) is 0 Å². The lowest BCUT2D eigenvalue weighted by atomic mass is 9.97. The molecule has 0 aliphatic carbocycles. The zero-order valence-electron chi connectivity index (χ0n) is 11.5. The Hall–Kier alpha value is -1.58. The summed E-state index contributed by atoms with van der Waals surface area (Å²) in [5.74, 6) is 0. The monoisotopic (exact) mass is 249 g/mol. The van der Waals surface area contributed by atoms with Gasteiger partial charge in [-0.3, -0.25) is 4.98 Å². The van der Waals surface area contributed by atoms with E-state index in [1.165, 1.54) is 5.56 Å². The van der Waals surface area contributed by atoms with Crippen LogP contribution < -0.4 is 10.6 Å². The Bertz CT molecular complexity index is 357. The number of hydrogen-bond donors (Lipinski definition) is 2. The van der Waals surface area contributed by atoms with Crippen molar-refractivity contribution in [1.29, 1.82) is 0 Å². The molecule has 0 aliphatic rings. The highest BCUT2D eigenvalue weighted by atomic mass is 16.2. The van der Waals surface area contributed by atoms with Crippen LogP contribution in [-0.4, -0.2) is 24.1 Å². The third kappa shape index (κ3) is 6.89. The molecule has 0 aliphatic heterocycles. The number of nitrogens with one attached hydrogen (secondary N) is 2. The van der Waals surface area contributed by atoms with Crippen LogP contribution in [0.2, 0.25) is 0 Å². The predicted octanol–water partition coefficient (Wildman–Crippen LogP) is 2.36. The Morgan fingerprint density at radius 2 is 2.11 bits per heavy atom. The molecular formula is C14H23N3O. The van der Waals surface area contributed by atoms with Gasteiger partial charge < -0.3 is 10.6 Å². The number of aryl methyl sites for hydroxylation is 1.